The fourth-order valence-corrected chi connectivity index (χ4v) is 1.67. The van der Waals surface area contributed by atoms with E-state index in [4.69, 9.17) is 0 Å². The lowest BCUT2D eigenvalue weighted by Gasteiger charge is -2.31. The monoisotopic (exact) mass is 275 g/mol. The number of ether oxygens (including phenoxy) is 1. The lowest BCUT2D eigenvalue weighted by atomic mass is 9.92. The van der Waals surface area contributed by atoms with E-state index >= 15 is 0 Å². The van der Waals surface area contributed by atoms with Crippen LogP contribution in [0.15, 0.2) is 5.18 Å². The van der Waals surface area contributed by atoms with Crippen molar-refractivity contribution < 1.29 is 31.5 Å². The molecule has 0 radical (unpaired) electrons. The van der Waals surface area contributed by atoms with Crippen LogP contribution in [0.2, 0.25) is 0 Å². The van der Waals surface area contributed by atoms with Crippen LogP contribution in [0.5, 0.6) is 0 Å². The van der Waals surface area contributed by atoms with Crippen molar-refractivity contribution in [2.75, 3.05) is 0 Å². The van der Waals surface area contributed by atoms with Crippen molar-refractivity contribution in [1.82, 2.24) is 0 Å². The largest absolute Gasteiger partial charge is 0.465 e. The molecule has 4 nitrogen and oxygen atoms in total. The van der Waals surface area contributed by atoms with E-state index in [1.54, 1.807) is 0 Å². The number of hydrogen-bond donors (Lipinski definition) is 0. The predicted octanol–water partition coefficient (Wildman–Crippen LogP) is 3.15. The summed E-state index contributed by atoms with van der Waals surface area (Å²) in [6.07, 6.45) is -4.92. The predicted molar refractivity (Wildman–Crippen MR) is 48.7 cm³/mol. The summed E-state index contributed by atoms with van der Waals surface area (Å²) in [5.41, 5.74) is -2.09. The van der Waals surface area contributed by atoms with E-state index in [1.807, 2.05) is 0 Å². The number of hydrogen-bond acceptors (Lipinski definition) is 4. The highest BCUT2D eigenvalue weighted by Crippen LogP contribution is 2.40. The Morgan fingerprint density at radius 2 is 1.56 bits per heavy atom. The third-order valence-electron chi connectivity index (χ3n) is 2.70. The van der Waals surface area contributed by atoms with E-state index in [0.717, 1.165) is 0 Å². The molecule has 0 atom stereocenters. The van der Waals surface area contributed by atoms with Crippen LogP contribution in [0, 0.1) is 4.91 Å². The quantitative estimate of drug-likeness (QED) is 0.451. The molecule has 0 aromatic rings. The summed E-state index contributed by atoms with van der Waals surface area (Å²) in [6.45, 7) is 0. The molecule has 1 aliphatic carbocycles. The maximum atomic E-state index is 12.6. The van der Waals surface area contributed by atoms with Gasteiger partial charge in [-0.05, 0) is 18.0 Å². The molecule has 1 rings (SSSR count). The lowest BCUT2D eigenvalue weighted by molar-refractivity contribution is -0.286. The van der Waals surface area contributed by atoms with Gasteiger partial charge in [0, 0.05) is 12.8 Å². The van der Waals surface area contributed by atoms with Gasteiger partial charge < -0.3 is 4.74 Å². The number of carbonyl (C=O) groups is 1. The molecule has 1 saturated carbocycles. The minimum absolute atomic E-state index is 0.143. The van der Waals surface area contributed by atoms with E-state index in [2.05, 4.69) is 9.91 Å². The molecule has 0 saturated heterocycles. The van der Waals surface area contributed by atoms with Crippen molar-refractivity contribution in [1.29, 1.82) is 0 Å². The van der Waals surface area contributed by atoms with Gasteiger partial charge in [-0.1, -0.05) is 6.42 Å². The number of carbonyl (C=O) groups excluding carboxylic acids is 1. The van der Waals surface area contributed by atoms with Crippen molar-refractivity contribution in [2.24, 2.45) is 5.18 Å². The van der Waals surface area contributed by atoms with Gasteiger partial charge in [-0.3, -0.25) is 0 Å². The first-order chi connectivity index (χ1) is 8.15. The van der Waals surface area contributed by atoms with Crippen LogP contribution in [-0.2, 0) is 9.53 Å². The normalized spacial score (nSPS) is 20.3. The van der Waals surface area contributed by atoms with Crippen molar-refractivity contribution in [2.45, 2.75) is 49.9 Å². The Balaban J connectivity index is 2.83. The highest BCUT2D eigenvalue weighted by atomic mass is 19.4. The van der Waals surface area contributed by atoms with Gasteiger partial charge in [0.25, 0.3) is 0 Å². The summed E-state index contributed by atoms with van der Waals surface area (Å²) in [7, 11) is 0. The molecule has 0 N–H and O–H groups in total. The van der Waals surface area contributed by atoms with Gasteiger partial charge in [-0.25, -0.2) is 4.79 Å². The van der Waals surface area contributed by atoms with Gasteiger partial charge in [0.15, 0.2) is 0 Å². The summed E-state index contributed by atoms with van der Waals surface area (Å²) in [4.78, 5) is 21.4. The second kappa shape index (κ2) is 4.77. The van der Waals surface area contributed by atoms with Gasteiger partial charge in [-0.2, -0.15) is 22.0 Å². The van der Waals surface area contributed by atoms with E-state index < -0.39 is 23.8 Å². The van der Waals surface area contributed by atoms with Crippen LogP contribution in [0.4, 0.5) is 22.0 Å². The van der Waals surface area contributed by atoms with Crippen molar-refractivity contribution in [3.05, 3.63) is 4.91 Å². The molecule has 9 heteroatoms. The van der Waals surface area contributed by atoms with E-state index in [9.17, 15) is 31.7 Å². The van der Waals surface area contributed by atoms with Gasteiger partial charge in [0.05, 0.1) is 0 Å². The number of nitrogens with zero attached hydrogens (tertiary/aromatic N) is 1. The number of esters is 1. The first-order valence-corrected chi connectivity index (χ1v) is 5.17. The standard InChI is InChI=1S/C9H10F5NO3/c10-8(11,9(12,13)14)6(16)18-7(15-17)4-2-1-3-5-7/h1-5H2. The van der Waals surface area contributed by atoms with E-state index in [0.29, 0.717) is 19.3 Å². The third kappa shape index (κ3) is 2.75. The van der Waals surface area contributed by atoms with Crippen LogP contribution in [-0.4, -0.2) is 23.8 Å². The Hall–Kier alpha value is -1.28. The number of halogens is 5. The molecule has 0 spiro atoms. The highest BCUT2D eigenvalue weighted by Gasteiger charge is 2.66. The zero-order chi connectivity index (χ0) is 14.0. The Kier molecular flexibility index (Phi) is 3.92. The molecular weight excluding hydrogens is 265 g/mol. The summed E-state index contributed by atoms with van der Waals surface area (Å²) in [5, 5.41) is 2.42. The molecule has 0 heterocycles. The lowest BCUT2D eigenvalue weighted by Crippen LogP contribution is -2.49. The molecule has 0 aromatic carbocycles. The minimum Gasteiger partial charge on any atom is -0.429 e. The molecular formula is C9H10F5NO3. The molecule has 18 heavy (non-hydrogen) atoms. The topological polar surface area (TPSA) is 55.7 Å². The summed E-state index contributed by atoms with van der Waals surface area (Å²) in [5.74, 6) is -8.42. The number of rotatable bonds is 3. The van der Waals surface area contributed by atoms with E-state index in [-0.39, 0.29) is 12.8 Å². The maximum Gasteiger partial charge on any atom is 0.465 e. The Bertz CT molecular complexity index is 336. The average Bonchev–Trinajstić information content (AvgIpc) is 2.28. The van der Waals surface area contributed by atoms with Crippen LogP contribution in [0.25, 0.3) is 0 Å². The molecule has 0 amide bonds. The molecule has 1 fully saturated rings. The highest BCUT2D eigenvalue weighted by molar-refractivity contribution is 5.79. The maximum absolute atomic E-state index is 12.6. The minimum atomic E-state index is -6.05. The first kappa shape index (κ1) is 14.8. The SMILES string of the molecule is O=NC1(OC(=O)C(F)(F)C(F)(F)F)CCCCC1. The fraction of sp³-hybridized carbons (Fsp3) is 0.889. The van der Waals surface area contributed by atoms with Crippen LogP contribution in [0.3, 0.4) is 0 Å². The second-order valence-corrected chi connectivity index (χ2v) is 4.06. The number of alkyl halides is 5. The zero-order valence-electron chi connectivity index (χ0n) is 9.10. The second-order valence-electron chi connectivity index (χ2n) is 4.06. The van der Waals surface area contributed by atoms with E-state index in [1.165, 1.54) is 0 Å². The third-order valence-corrected chi connectivity index (χ3v) is 2.70. The molecule has 0 aliphatic heterocycles. The zero-order valence-corrected chi connectivity index (χ0v) is 9.10. The van der Waals surface area contributed by atoms with Crippen LogP contribution >= 0.6 is 0 Å². The number of nitroso groups, excluding NO2 is 1. The molecule has 0 aromatic heterocycles. The van der Waals surface area contributed by atoms with Gasteiger partial charge in [-0.15, -0.1) is 4.91 Å². The fourth-order valence-electron chi connectivity index (χ4n) is 1.67. The van der Waals surface area contributed by atoms with Crippen LogP contribution < -0.4 is 0 Å². The molecule has 0 bridgehead atoms. The Labute approximate surface area is 98.5 Å². The summed E-state index contributed by atoms with van der Waals surface area (Å²) < 4.78 is 65.0. The molecule has 104 valence electrons. The van der Waals surface area contributed by atoms with Gasteiger partial charge >= 0.3 is 18.1 Å². The summed E-state index contributed by atoms with van der Waals surface area (Å²) in [6, 6.07) is 0. The van der Waals surface area contributed by atoms with Crippen molar-refractivity contribution in [3.63, 3.8) is 0 Å². The van der Waals surface area contributed by atoms with Crippen LogP contribution in [0.1, 0.15) is 32.1 Å². The smallest absolute Gasteiger partial charge is 0.429 e. The van der Waals surface area contributed by atoms with Gasteiger partial charge in [0.1, 0.15) is 0 Å². The van der Waals surface area contributed by atoms with Crippen molar-refractivity contribution >= 4 is 5.97 Å². The Morgan fingerprint density at radius 1 is 1.06 bits per heavy atom. The first-order valence-electron chi connectivity index (χ1n) is 5.17. The molecule has 1 aliphatic rings. The Morgan fingerprint density at radius 3 is 1.94 bits per heavy atom. The van der Waals surface area contributed by atoms with Crippen molar-refractivity contribution in [3.8, 4) is 0 Å². The average molecular weight is 275 g/mol. The molecule has 0 unspecified atom stereocenters. The van der Waals surface area contributed by atoms with Gasteiger partial charge in [0.2, 0.25) is 5.72 Å². The summed E-state index contributed by atoms with van der Waals surface area (Å²) >= 11 is 0.